The molecule has 0 saturated carbocycles. The molecule has 4 aromatic carbocycles. The standard InChI is InChI=1S/C24H26Br2O4S.C20H18Br2O4S/c1-23(2,3)30-22(28)24(4,5)29-21-18(25)13-15(14-19(21)26)7-12-20(27)16-8-10-17(31-6)11-9-16;1-20(2,19(24)25)26-18-15(21)10-12(11-16(18)22)4-9-17(23)13-5-7-14(27-3)8-6-13/h7-14H,1-6H3;4-11H,1-3H3,(H,24,25)/b12-7+;9-4+. The van der Waals surface area contributed by atoms with E-state index >= 15 is 0 Å². The molecule has 0 atom stereocenters. The minimum Gasteiger partial charge on any atom is -0.478 e. The lowest BCUT2D eigenvalue weighted by atomic mass is 10.1. The Labute approximate surface area is 382 Å². The lowest BCUT2D eigenvalue weighted by Gasteiger charge is -2.29. The Kier molecular flexibility index (Phi) is 18.2. The fraction of sp³-hybridized carbons (Fsp3) is 0.273. The molecule has 1 N–H and O–H groups in total. The molecule has 0 heterocycles. The number of halogens is 4. The second kappa shape index (κ2) is 21.4. The highest BCUT2D eigenvalue weighted by molar-refractivity contribution is 9.11. The van der Waals surface area contributed by atoms with E-state index in [4.69, 9.17) is 14.2 Å². The zero-order valence-corrected chi connectivity index (χ0v) is 41.3. The van der Waals surface area contributed by atoms with Gasteiger partial charge in [0.05, 0.1) is 17.9 Å². The molecule has 0 radical (unpaired) electrons. The lowest BCUT2D eigenvalue weighted by molar-refractivity contribution is -0.171. The Morgan fingerprint density at radius 3 is 1.19 bits per heavy atom. The fourth-order valence-electron chi connectivity index (χ4n) is 4.59. The largest absolute Gasteiger partial charge is 0.478 e. The first-order chi connectivity index (χ1) is 27.0. The molecule has 58 heavy (non-hydrogen) atoms. The number of carbonyl (C=O) groups is 4. The number of carboxylic acids is 1. The molecule has 0 unspecified atom stereocenters. The Morgan fingerprint density at radius 1 is 0.569 bits per heavy atom. The van der Waals surface area contributed by atoms with Gasteiger partial charge in [0, 0.05) is 20.9 Å². The van der Waals surface area contributed by atoms with Gasteiger partial charge >= 0.3 is 11.9 Å². The van der Waals surface area contributed by atoms with Gasteiger partial charge in [-0.05, 0) is 221 Å². The van der Waals surface area contributed by atoms with Crippen molar-refractivity contribution >= 4 is 123 Å². The third-order valence-electron chi connectivity index (χ3n) is 7.76. The van der Waals surface area contributed by atoms with Gasteiger partial charge in [0.15, 0.2) is 22.8 Å². The van der Waals surface area contributed by atoms with Gasteiger partial charge in [-0.25, -0.2) is 9.59 Å². The van der Waals surface area contributed by atoms with E-state index < -0.39 is 28.7 Å². The highest BCUT2D eigenvalue weighted by Crippen LogP contribution is 2.39. The maximum atomic E-state index is 12.5. The van der Waals surface area contributed by atoms with E-state index in [0.717, 1.165) is 20.9 Å². The van der Waals surface area contributed by atoms with Gasteiger partial charge in [-0.3, -0.25) is 9.59 Å². The van der Waals surface area contributed by atoms with E-state index in [1.165, 1.54) is 26.0 Å². The number of allylic oxidation sites excluding steroid dienone is 2. The predicted octanol–water partition coefficient (Wildman–Crippen LogP) is 13.4. The zero-order valence-electron chi connectivity index (χ0n) is 33.4. The molecule has 14 heteroatoms. The Bertz CT molecular complexity index is 2140. The third-order valence-corrected chi connectivity index (χ3v) is 11.6. The summed E-state index contributed by atoms with van der Waals surface area (Å²) in [7, 11) is 0. The second-order valence-corrected chi connectivity index (χ2v) is 19.7. The molecule has 0 aliphatic rings. The number of ether oxygens (including phenoxy) is 3. The number of carboxylic acid groups (broad SMARTS) is 1. The van der Waals surface area contributed by atoms with Gasteiger partial charge in [0.1, 0.15) is 17.1 Å². The van der Waals surface area contributed by atoms with Crippen LogP contribution in [0.2, 0.25) is 0 Å². The number of thioether (sulfide) groups is 2. The number of benzene rings is 4. The van der Waals surface area contributed by atoms with Crippen LogP contribution in [0.5, 0.6) is 11.5 Å². The molecule has 0 aliphatic heterocycles. The van der Waals surface area contributed by atoms with Crippen LogP contribution in [0.4, 0.5) is 0 Å². The quantitative estimate of drug-likeness (QED) is 0.0566. The van der Waals surface area contributed by atoms with E-state index in [-0.39, 0.29) is 11.6 Å². The molecule has 308 valence electrons. The van der Waals surface area contributed by atoms with E-state index in [0.29, 0.717) is 40.5 Å². The van der Waals surface area contributed by atoms with Crippen molar-refractivity contribution in [3.05, 3.63) is 125 Å². The van der Waals surface area contributed by atoms with Crippen LogP contribution < -0.4 is 9.47 Å². The summed E-state index contributed by atoms with van der Waals surface area (Å²) in [6, 6.07) is 22.1. The molecule has 0 aromatic heterocycles. The van der Waals surface area contributed by atoms with Crippen molar-refractivity contribution in [3.8, 4) is 11.5 Å². The van der Waals surface area contributed by atoms with Crippen molar-refractivity contribution in [2.45, 2.75) is 75.1 Å². The van der Waals surface area contributed by atoms with Crippen LogP contribution >= 0.6 is 87.2 Å². The average molecular weight is 1080 g/mol. The number of ketones is 2. The minimum atomic E-state index is -1.37. The summed E-state index contributed by atoms with van der Waals surface area (Å²) in [5.74, 6) is -0.830. The monoisotopic (exact) mass is 1080 g/mol. The summed E-state index contributed by atoms with van der Waals surface area (Å²) in [5.41, 5.74) is -0.353. The summed E-state index contributed by atoms with van der Waals surface area (Å²) in [4.78, 5) is 50.7. The molecular weight excluding hydrogens is 1040 g/mol. The lowest BCUT2D eigenvalue weighted by Crippen LogP contribution is -2.43. The maximum Gasteiger partial charge on any atom is 0.350 e. The number of hydrogen-bond donors (Lipinski definition) is 1. The molecule has 4 rings (SSSR count). The number of carbonyl (C=O) groups excluding carboxylic acids is 3. The maximum absolute atomic E-state index is 12.5. The normalized spacial score (nSPS) is 11.9. The first-order valence-corrected chi connectivity index (χ1v) is 23.1. The van der Waals surface area contributed by atoms with Gasteiger partial charge in [0.2, 0.25) is 0 Å². The van der Waals surface area contributed by atoms with Crippen LogP contribution in [0.3, 0.4) is 0 Å². The molecular formula is C44H44Br4O8S2. The van der Waals surface area contributed by atoms with Crippen LogP contribution in [-0.4, -0.2) is 57.9 Å². The number of rotatable bonds is 14. The first kappa shape index (κ1) is 49.2. The van der Waals surface area contributed by atoms with E-state index in [2.05, 4.69) is 63.7 Å². The summed E-state index contributed by atoms with van der Waals surface area (Å²) >= 11 is 17.1. The van der Waals surface area contributed by atoms with Crippen LogP contribution in [0, 0.1) is 0 Å². The molecule has 0 saturated heterocycles. The number of hydrogen-bond acceptors (Lipinski definition) is 9. The van der Waals surface area contributed by atoms with Crippen LogP contribution in [0.25, 0.3) is 12.2 Å². The molecule has 0 amide bonds. The fourth-order valence-corrected chi connectivity index (χ4v) is 8.17. The third kappa shape index (κ3) is 14.8. The molecule has 0 bridgehead atoms. The Balaban J connectivity index is 0.000000313. The highest BCUT2D eigenvalue weighted by atomic mass is 79.9. The van der Waals surface area contributed by atoms with Crippen LogP contribution in [0.1, 0.15) is 80.3 Å². The molecule has 0 fully saturated rings. The highest BCUT2D eigenvalue weighted by Gasteiger charge is 2.36. The molecule has 0 spiro atoms. The molecule has 4 aromatic rings. The predicted molar refractivity (Wildman–Crippen MR) is 250 cm³/mol. The first-order valence-electron chi connectivity index (χ1n) is 17.5. The summed E-state index contributed by atoms with van der Waals surface area (Å²) in [6.07, 6.45) is 10.5. The Morgan fingerprint density at radius 2 is 0.897 bits per heavy atom. The molecule has 0 aliphatic carbocycles. The van der Waals surface area contributed by atoms with Crippen molar-refractivity contribution in [1.82, 2.24) is 0 Å². The smallest absolute Gasteiger partial charge is 0.350 e. The van der Waals surface area contributed by atoms with Crippen molar-refractivity contribution in [2.24, 2.45) is 0 Å². The van der Waals surface area contributed by atoms with Gasteiger partial charge in [-0.15, -0.1) is 23.5 Å². The topological polar surface area (TPSA) is 116 Å². The van der Waals surface area contributed by atoms with Crippen LogP contribution in [0.15, 0.2) is 113 Å². The van der Waals surface area contributed by atoms with Crippen molar-refractivity contribution < 1.29 is 38.5 Å². The van der Waals surface area contributed by atoms with Crippen molar-refractivity contribution in [2.75, 3.05) is 12.5 Å². The van der Waals surface area contributed by atoms with Gasteiger partial charge in [0.25, 0.3) is 0 Å². The van der Waals surface area contributed by atoms with Gasteiger partial charge < -0.3 is 19.3 Å². The zero-order chi connectivity index (χ0) is 43.6. The number of esters is 1. The van der Waals surface area contributed by atoms with E-state index in [1.54, 1.807) is 73.8 Å². The van der Waals surface area contributed by atoms with Gasteiger partial charge in [-0.2, -0.15) is 0 Å². The molecule has 8 nitrogen and oxygen atoms in total. The average Bonchev–Trinajstić information content (AvgIpc) is 3.15. The second-order valence-electron chi connectivity index (χ2n) is 14.5. The van der Waals surface area contributed by atoms with E-state index in [9.17, 15) is 24.3 Å². The van der Waals surface area contributed by atoms with Gasteiger partial charge in [-0.1, -0.05) is 12.2 Å². The SMILES string of the molecule is CSc1ccc(C(=O)/C=C/c2cc(Br)c(OC(C)(C)C(=O)O)c(Br)c2)cc1.CSc1ccc(C(=O)/C=C/c2cc(Br)c(OC(C)(C)C(=O)OC(C)(C)C)c(Br)c2)cc1. The number of aliphatic carboxylic acids is 1. The van der Waals surface area contributed by atoms with E-state index in [1.807, 2.05) is 81.8 Å². The van der Waals surface area contributed by atoms with Crippen molar-refractivity contribution in [3.63, 3.8) is 0 Å². The summed E-state index contributed by atoms with van der Waals surface area (Å²) < 4.78 is 19.5. The summed E-state index contributed by atoms with van der Waals surface area (Å²) in [6.45, 7) is 11.7. The summed E-state index contributed by atoms with van der Waals surface area (Å²) in [5, 5.41) is 9.22. The van der Waals surface area contributed by atoms with Crippen molar-refractivity contribution in [1.29, 1.82) is 0 Å². The van der Waals surface area contributed by atoms with Crippen LogP contribution in [-0.2, 0) is 14.3 Å². The minimum absolute atomic E-state index is 0.0775. The Hall–Kier alpha value is -3.14.